The zero-order chi connectivity index (χ0) is 15.5. The molecular formula is C17H17NO3S. The minimum atomic E-state index is -0.511. The van der Waals surface area contributed by atoms with E-state index in [1.165, 1.54) is 0 Å². The smallest absolute Gasteiger partial charge is 0.236 e. The summed E-state index contributed by atoms with van der Waals surface area (Å²) >= 11 is 1.59. The van der Waals surface area contributed by atoms with Crippen molar-refractivity contribution in [2.24, 2.45) is 0 Å². The first-order valence-corrected chi connectivity index (χ1v) is 7.92. The van der Waals surface area contributed by atoms with Gasteiger partial charge in [-0.1, -0.05) is 18.2 Å². The zero-order valence-electron chi connectivity index (χ0n) is 12.4. The fourth-order valence-electron chi connectivity index (χ4n) is 2.08. The number of ether oxygens (including phenoxy) is 1. The predicted molar refractivity (Wildman–Crippen MR) is 86.0 cm³/mol. The fraction of sp³-hybridized carbons (Fsp3) is 0.235. The van der Waals surface area contributed by atoms with Gasteiger partial charge < -0.3 is 14.3 Å². The van der Waals surface area contributed by atoms with Gasteiger partial charge in [-0.25, -0.2) is 4.98 Å². The number of rotatable bonds is 5. The number of hydrogen-bond donors (Lipinski definition) is 1. The highest BCUT2D eigenvalue weighted by molar-refractivity contribution is 7.13. The maximum absolute atomic E-state index is 9.60. The second-order valence-electron chi connectivity index (χ2n) is 5.04. The Morgan fingerprint density at radius 2 is 2.18 bits per heavy atom. The van der Waals surface area contributed by atoms with Crippen LogP contribution in [0.4, 0.5) is 0 Å². The van der Waals surface area contributed by atoms with E-state index in [-0.39, 0.29) is 0 Å². The molecule has 0 saturated carbocycles. The summed E-state index contributed by atoms with van der Waals surface area (Å²) in [5.74, 6) is 2.09. The SMILES string of the molecule is Cc1oc(-c2cccs2)nc1COc1cccc(C(C)O)c1. The number of oxazole rings is 1. The molecule has 0 fully saturated rings. The molecule has 1 aromatic carbocycles. The van der Waals surface area contributed by atoms with E-state index in [4.69, 9.17) is 9.15 Å². The molecule has 0 aliphatic carbocycles. The van der Waals surface area contributed by atoms with Crippen molar-refractivity contribution in [3.63, 3.8) is 0 Å². The van der Waals surface area contributed by atoms with Gasteiger partial charge in [-0.3, -0.25) is 0 Å². The number of hydrogen-bond acceptors (Lipinski definition) is 5. The molecule has 0 aliphatic heterocycles. The third kappa shape index (κ3) is 3.21. The number of aliphatic hydroxyl groups excluding tert-OH is 1. The highest BCUT2D eigenvalue weighted by Crippen LogP contribution is 2.26. The minimum absolute atomic E-state index is 0.337. The molecule has 0 bridgehead atoms. The van der Waals surface area contributed by atoms with E-state index >= 15 is 0 Å². The molecule has 2 heterocycles. The molecule has 1 atom stereocenters. The Kier molecular flexibility index (Phi) is 4.27. The zero-order valence-corrected chi connectivity index (χ0v) is 13.3. The summed E-state index contributed by atoms with van der Waals surface area (Å²) in [6.45, 7) is 3.95. The monoisotopic (exact) mass is 315 g/mol. The lowest BCUT2D eigenvalue weighted by atomic mass is 10.1. The van der Waals surface area contributed by atoms with Gasteiger partial charge in [-0.05, 0) is 43.0 Å². The number of benzene rings is 1. The summed E-state index contributed by atoms with van der Waals surface area (Å²) in [5.41, 5.74) is 1.61. The summed E-state index contributed by atoms with van der Waals surface area (Å²) < 4.78 is 11.5. The van der Waals surface area contributed by atoms with Crippen molar-refractivity contribution in [2.45, 2.75) is 26.6 Å². The third-order valence-corrected chi connectivity index (χ3v) is 4.20. The fourth-order valence-corrected chi connectivity index (χ4v) is 2.73. The van der Waals surface area contributed by atoms with Gasteiger partial charge in [0.05, 0.1) is 11.0 Å². The average molecular weight is 315 g/mol. The first-order chi connectivity index (χ1) is 10.6. The van der Waals surface area contributed by atoms with Crippen molar-refractivity contribution < 1.29 is 14.3 Å². The van der Waals surface area contributed by atoms with Crippen molar-refractivity contribution >= 4 is 11.3 Å². The third-order valence-electron chi connectivity index (χ3n) is 3.34. The Bertz CT molecular complexity index is 747. The van der Waals surface area contributed by atoms with Gasteiger partial charge in [0.2, 0.25) is 5.89 Å². The van der Waals surface area contributed by atoms with Crippen molar-refractivity contribution in [3.05, 3.63) is 58.8 Å². The highest BCUT2D eigenvalue weighted by Gasteiger charge is 2.13. The lowest BCUT2D eigenvalue weighted by molar-refractivity contribution is 0.198. The lowest BCUT2D eigenvalue weighted by Gasteiger charge is -2.08. The second kappa shape index (κ2) is 6.34. The molecule has 0 spiro atoms. The van der Waals surface area contributed by atoms with Gasteiger partial charge in [0.15, 0.2) is 0 Å². The Hall–Kier alpha value is -2.11. The van der Waals surface area contributed by atoms with E-state index in [2.05, 4.69) is 4.98 Å². The second-order valence-corrected chi connectivity index (χ2v) is 5.98. The number of aryl methyl sites for hydroxylation is 1. The topological polar surface area (TPSA) is 55.5 Å². The van der Waals surface area contributed by atoms with Gasteiger partial charge >= 0.3 is 0 Å². The molecule has 1 unspecified atom stereocenters. The van der Waals surface area contributed by atoms with Gasteiger partial charge in [0, 0.05) is 0 Å². The molecule has 0 aliphatic rings. The Labute approximate surface area is 133 Å². The van der Waals surface area contributed by atoms with E-state index in [0.717, 1.165) is 21.9 Å². The van der Waals surface area contributed by atoms with Gasteiger partial charge in [0.25, 0.3) is 0 Å². The molecule has 0 radical (unpaired) electrons. The van der Waals surface area contributed by atoms with E-state index in [1.807, 2.05) is 48.7 Å². The highest BCUT2D eigenvalue weighted by atomic mass is 32.1. The van der Waals surface area contributed by atoms with Gasteiger partial charge in [0.1, 0.15) is 23.8 Å². The molecule has 22 heavy (non-hydrogen) atoms. The Morgan fingerprint density at radius 1 is 1.32 bits per heavy atom. The molecule has 0 amide bonds. The van der Waals surface area contributed by atoms with Crippen LogP contribution in [0, 0.1) is 6.92 Å². The van der Waals surface area contributed by atoms with Crippen molar-refractivity contribution in [2.75, 3.05) is 0 Å². The van der Waals surface area contributed by atoms with Crippen LogP contribution in [0.5, 0.6) is 5.75 Å². The van der Waals surface area contributed by atoms with Crippen LogP contribution in [0.1, 0.15) is 30.0 Å². The predicted octanol–water partition coefficient (Wildman–Crippen LogP) is 4.34. The molecule has 3 rings (SSSR count). The molecule has 0 saturated heterocycles. The Balaban J connectivity index is 1.73. The van der Waals surface area contributed by atoms with Crippen LogP contribution in [0.15, 0.2) is 46.2 Å². The molecule has 4 nitrogen and oxygen atoms in total. The maximum Gasteiger partial charge on any atom is 0.236 e. The lowest BCUT2D eigenvalue weighted by Crippen LogP contribution is -1.99. The van der Waals surface area contributed by atoms with Crippen molar-refractivity contribution in [1.29, 1.82) is 0 Å². The van der Waals surface area contributed by atoms with E-state index in [1.54, 1.807) is 18.3 Å². The summed E-state index contributed by atoms with van der Waals surface area (Å²) in [6.07, 6.45) is -0.511. The molecule has 3 aromatic rings. The number of aliphatic hydroxyl groups is 1. The van der Waals surface area contributed by atoms with Gasteiger partial charge in [-0.15, -0.1) is 11.3 Å². The average Bonchev–Trinajstić information content (AvgIpc) is 3.15. The molecule has 114 valence electrons. The van der Waals surface area contributed by atoms with E-state index in [9.17, 15) is 5.11 Å². The molecular weight excluding hydrogens is 298 g/mol. The van der Waals surface area contributed by atoms with E-state index < -0.39 is 6.10 Å². The largest absolute Gasteiger partial charge is 0.487 e. The van der Waals surface area contributed by atoms with Crippen molar-refractivity contribution in [3.8, 4) is 16.5 Å². The van der Waals surface area contributed by atoms with Crippen LogP contribution in [0.3, 0.4) is 0 Å². The number of aromatic nitrogens is 1. The Morgan fingerprint density at radius 3 is 2.91 bits per heavy atom. The van der Waals surface area contributed by atoms with Crippen LogP contribution in [-0.4, -0.2) is 10.1 Å². The first kappa shape index (κ1) is 14.8. The maximum atomic E-state index is 9.60. The molecule has 2 aromatic heterocycles. The molecule has 1 N–H and O–H groups in total. The summed E-state index contributed by atoms with van der Waals surface area (Å²) in [5, 5.41) is 11.6. The van der Waals surface area contributed by atoms with Crippen LogP contribution in [0.2, 0.25) is 0 Å². The first-order valence-electron chi connectivity index (χ1n) is 7.04. The van der Waals surface area contributed by atoms with Crippen LogP contribution in [-0.2, 0) is 6.61 Å². The number of thiophene rings is 1. The van der Waals surface area contributed by atoms with Crippen LogP contribution >= 0.6 is 11.3 Å². The molecule has 5 heteroatoms. The van der Waals surface area contributed by atoms with E-state index in [0.29, 0.717) is 18.2 Å². The van der Waals surface area contributed by atoms with Gasteiger partial charge in [-0.2, -0.15) is 0 Å². The standard InChI is InChI=1S/C17H17NO3S/c1-11(19)13-5-3-6-14(9-13)20-10-15-12(2)21-17(18-15)16-7-4-8-22-16/h3-9,11,19H,10H2,1-2H3. The minimum Gasteiger partial charge on any atom is -0.487 e. The normalized spacial score (nSPS) is 12.3. The van der Waals surface area contributed by atoms with Crippen LogP contribution < -0.4 is 4.74 Å². The number of nitrogens with zero attached hydrogens (tertiary/aromatic N) is 1. The summed E-state index contributed by atoms with van der Waals surface area (Å²) in [7, 11) is 0. The summed E-state index contributed by atoms with van der Waals surface area (Å²) in [4.78, 5) is 5.50. The van der Waals surface area contributed by atoms with Crippen LogP contribution in [0.25, 0.3) is 10.8 Å². The van der Waals surface area contributed by atoms with Crippen molar-refractivity contribution in [1.82, 2.24) is 4.98 Å². The summed E-state index contributed by atoms with van der Waals surface area (Å²) in [6, 6.07) is 11.4. The quantitative estimate of drug-likeness (QED) is 0.761.